The van der Waals surface area contributed by atoms with Crippen LogP contribution in [-0.4, -0.2) is 11.7 Å². The molecule has 1 aliphatic rings. The number of nitrogens with one attached hydrogen (secondary N) is 1. The van der Waals surface area contributed by atoms with Gasteiger partial charge in [0.05, 0.1) is 0 Å². The molecule has 4 heteroatoms. The van der Waals surface area contributed by atoms with Crippen LogP contribution in [0.15, 0.2) is 40.9 Å². The molecule has 0 aromatic heterocycles. The normalized spacial score (nSPS) is 15.1. The van der Waals surface area contributed by atoms with Crippen molar-refractivity contribution >= 4 is 17.2 Å². The van der Waals surface area contributed by atoms with Crippen LogP contribution >= 0.6 is 0 Å². The lowest BCUT2D eigenvalue weighted by molar-refractivity contribution is 1.43. The Morgan fingerprint density at radius 1 is 1.27 bits per heavy atom. The fourth-order valence-corrected chi connectivity index (χ4v) is 1.48. The summed E-state index contributed by atoms with van der Waals surface area (Å²) in [7, 11) is 0. The zero-order valence-corrected chi connectivity index (χ0v) is 7.86. The Hall–Kier alpha value is -2.41. The van der Waals surface area contributed by atoms with E-state index < -0.39 is 0 Å². The number of aliphatic imine (C=N–C) groups is 1. The van der Waals surface area contributed by atoms with E-state index in [1.165, 1.54) is 0 Å². The second-order valence-corrected chi connectivity index (χ2v) is 3.07. The maximum Gasteiger partial charge on any atom is 0.165 e. The van der Waals surface area contributed by atoms with Crippen molar-refractivity contribution in [3.8, 4) is 6.07 Å². The van der Waals surface area contributed by atoms with Crippen LogP contribution in [0.3, 0.4) is 0 Å². The van der Waals surface area contributed by atoms with Gasteiger partial charge in [-0.15, -0.1) is 0 Å². The SMILES string of the molecule is N#CC1=C(c2ccccc2)C(N)=NC1=N. The van der Waals surface area contributed by atoms with Crippen LogP contribution < -0.4 is 5.73 Å². The molecule has 1 aliphatic heterocycles. The highest BCUT2D eigenvalue weighted by Crippen LogP contribution is 2.24. The molecule has 0 fully saturated rings. The monoisotopic (exact) mass is 196 g/mol. The second kappa shape index (κ2) is 3.39. The van der Waals surface area contributed by atoms with Gasteiger partial charge in [0.25, 0.3) is 0 Å². The van der Waals surface area contributed by atoms with Gasteiger partial charge in [0, 0.05) is 5.57 Å². The first-order valence-corrected chi connectivity index (χ1v) is 4.37. The topological polar surface area (TPSA) is 86.0 Å². The van der Waals surface area contributed by atoms with E-state index in [9.17, 15) is 0 Å². The van der Waals surface area contributed by atoms with Crippen LogP contribution in [0.2, 0.25) is 0 Å². The molecule has 1 heterocycles. The van der Waals surface area contributed by atoms with Crippen molar-refractivity contribution in [2.45, 2.75) is 0 Å². The molecule has 15 heavy (non-hydrogen) atoms. The fraction of sp³-hybridized carbons (Fsp3) is 0. The standard InChI is InChI=1S/C11H8N4/c12-6-8-9(11(14)15-10(8)13)7-4-2-1-3-5-7/h1-5H,(H3,13,14,15). The van der Waals surface area contributed by atoms with Gasteiger partial charge in [-0.3, -0.25) is 5.41 Å². The summed E-state index contributed by atoms with van der Waals surface area (Å²) >= 11 is 0. The fourth-order valence-electron chi connectivity index (χ4n) is 1.48. The number of amidine groups is 2. The Kier molecular flexibility index (Phi) is 2.07. The maximum absolute atomic E-state index is 8.91. The van der Waals surface area contributed by atoms with Crippen LogP contribution in [0.25, 0.3) is 5.57 Å². The van der Waals surface area contributed by atoms with Crippen LogP contribution in [0, 0.1) is 16.7 Å². The Bertz CT molecular complexity index is 517. The molecule has 0 unspecified atom stereocenters. The highest BCUT2D eigenvalue weighted by atomic mass is 14.9. The molecule has 0 aliphatic carbocycles. The van der Waals surface area contributed by atoms with Gasteiger partial charge in [-0.05, 0) is 5.56 Å². The van der Waals surface area contributed by atoms with E-state index in [2.05, 4.69) is 4.99 Å². The second-order valence-electron chi connectivity index (χ2n) is 3.07. The van der Waals surface area contributed by atoms with Crippen molar-refractivity contribution in [1.82, 2.24) is 0 Å². The molecule has 2 rings (SSSR count). The zero-order valence-electron chi connectivity index (χ0n) is 7.86. The summed E-state index contributed by atoms with van der Waals surface area (Å²) in [5, 5.41) is 16.4. The molecule has 0 saturated heterocycles. The minimum absolute atomic E-state index is 0.0612. The van der Waals surface area contributed by atoms with Gasteiger partial charge in [-0.2, -0.15) is 5.26 Å². The zero-order chi connectivity index (χ0) is 10.8. The maximum atomic E-state index is 8.91. The first-order valence-electron chi connectivity index (χ1n) is 4.37. The van der Waals surface area contributed by atoms with Gasteiger partial charge in [-0.25, -0.2) is 4.99 Å². The highest BCUT2D eigenvalue weighted by molar-refractivity contribution is 6.37. The molecule has 1 aromatic rings. The van der Waals surface area contributed by atoms with Gasteiger partial charge in [0.1, 0.15) is 17.5 Å². The van der Waals surface area contributed by atoms with E-state index >= 15 is 0 Å². The van der Waals surface area contributed by atoms with Gasteiger partial charge in [0.15, 0.2) is 5.84 Å². The van der Waals surface area contributed by atoms with E-state index in [0.29, 0.717) is 5.57 Å². The summed E-state index contributed by atoms with van der Waals surface area (Å²) in [4.78, 5) is 3.78. The van der Waals surface area contributed by atoms with E-state index in [4.69, 9.17) is 16.4 Å². The Morgan fingerprint density at radius 3 is 2.53 bits per heavy atom. The van der Waals surface area contributed by atoms with Gasteiger partial charge in [0.2, 0.25) is 0 Å². The molecule has 1 aromatic carbocycles. The van der Waals surface area contributed by atoms with E-state index in [0.717, 1.165) is 5.56 Å². The van der Waals surface area contributed by atoms with E-state index in [1.807, 2.05) is 36.4 Å². The van der Waals surface area contributed by atoms with E-state index in [-0.39, 0.29) is 17.2 Å². The molecule has 0 atom stereocenters. The lowest BCUT2D eigenvalue weighted by Gasteiger charge is -2.01. The van der Waals surface area contributed by atoms with Crippen molar-refractivity contribution in [2.24, 2.45) is 10.7 Å². The molecular weight excluding hydrogens is 188 g/mol. The number of nitriles is 1. The highest BCUT2D eigenvalue weighted by Gasteiger charge is 2.22. The van der Waals surface area contributed by atoms with Crippen LogP contribution in [0.4, 0.5) is 0 Å². The van der Waals surface area contributed by atoms with Gasteiger partial charge in [-0.1, -0.05) is 30.3 Å². The molecule has 4 nitrogen and oxygen atoms in total. The third-order valence-corrected chi connectivity index (χ3v) is 2.15. The van der Waals surface area contributed by atoms with Crippen molar-refractivity contribution in [3.63, 3.8) is 0 Å². The first-order chi connectivity index (χ1) is 7.24. The predicted molar refractivity (Wildman–Crippen MR) is 58.3 cm³/mol. The van der Waals surface area contributed by atoms with Gasteiger partial charge < -0.3 is 5.73 Å². The first kappa shape index (κ1) is 9.16. The molecular formula is C11H8N4. The molecule has 0 bridgehead atoms. The summed E-state index contributed by atoms with van der Waals surface area (Å²) in [5.74, 6) is 0.177. The Labute approximate surface area is 86.9 Å². The molecule has 0 amide bonds. The minimum atomic E-state index is -0.0612. The number of rotatable bonds is 1. The predicted octanol–water partition coefficient (Wildman–Crippen LogP) is 1.31. The molecule has 72 valence electrons. The van der Waals surface area contributed by atoms with Crippen molar-refractivity contribution in [2.75, 3.05) is 0 Å². The quantitative estimate of drug-likeness (QED) is 0.709. The average Bonchev–Trinajstić information content (AvgIpc) is 2.54. The molecule has 0 spiro atoms. The summed E-state index contributed by atoms with van der Waals surface area (Å²) in [6, 6.07) is 11.2. The van der Waals surface area contributed by atoms with Crippen LogP contribution in [0.5, 0.6) is 0 Å². The Balaban J connectivity index is 2.63. The molecule has 0 radical (unpaired) electrons. The van der Waals surface area contributed by atoms with Gasteiger partial charge >= 0.3 is 0 Å². The molecule has 3 N–H and O–H groups in total. The summed E-state index contributed by atoms with van der Waals surface area (Å²) in [5.41, 5.74) is 7.28. The number of hydrogen-bond acceptors (Lipinski definition) is 3. The number of nitrogens with two attached hydrogens (primary N) is 1. The lowest BCUT2D eigenvalue weighted by Crippen LogP contribution is -2.11. The molecule has 0 saturated carbocycles. The third kappa shape index (κ3) is 1.40. The summed E-state index contributed by atoms with van der Waals surface area (Å²) in [6.07, 6.45) is 0. The largest absolute Gasteiger partial charge is 0.383 e. The summed E-state index contributed by atoms with van der Waals surface area (Å²) < 4.78 is 0. The minimum Gasteiger partial charge on any atom is -0.383 e. The number of nitrogens with zero attached hydrogens (tertiary/aromatic N) is 2. The average molecular weight is 196 g/mol. The van der Waals surface area contributed by atoms with E-state index in [1.54, 1.807) is 0 Å². The number of hydrogen-bond donors (Lipinski definition) is 2. The lowest BCUT2D eigenvalue weighted by atomic mass is 10.0. The van der Waals surface area contributed by atoms with Crippen molar-refractivity contribution < 1.29 is 0 Å². The van der Waals surface area contributed by atoms with Crippen LogP contribution in [0.1, 0.15) is 5.56 Å². The number of benzene rings is 1. The Morgan fingerprint density at radius 2 is 1.93 bits per heavy atom. The van der Waals surface area contributed by atoms with Crippen molar-refractivity contribution in [3.05, 3.63) is 41.5 Å². The smallest absolute Gasteiger partial charge is 0.165 e. The third-order valence-electron chi connectivity index (χ3n) is 2.15. The summed E-state index contributed by atoms with van der Waals surface area (Å²) in [6.45, 7) is 0. The van der Waals surface area contributed by atoms with Crippen LogP contribution in [-0.2, 0) is 0 Å². The van der Waals surface area contributed by atoms with Crippen molar-refractivity contribution in [1.29, 1.82) is 10.7 Å².